The van der Waals surface area contributed by atoms with Gasteiger partial charge in [0.15, 0.2) is 5.16 Å². The molecule has 3 N–H and O–H groups in total. The number of halogens is 2. The molecular weight excluding hydrogens is 497 g/mol. The number of imidazole rings is 1. The van der Waals surface area contributed by atoms with Gasteiger partial charge in [-0.15, -0.1) is 0 Å². The van der Waals surface area contributed by atoms with Gasteiger partial charge in [0, 0.05) is 15.7 Å². The first-order valence-electron chi connectivity index (χ1n) is 10.0. The highest BCUT2D eigenvalue weighted by Crippen LogP contribution is 2.24. The highest BCUT2D eigenvalue weighted by atomic mass is 35.5. The number of nitrogens with zero attached hydrogens (tertiary/aromatic N) is 2. The zero-order chi connectivity index (χ0) is 23.8. The van der Waals surface area contributed by atoms with Crippen LogP contribution in [0.15, 0.2) is 75.4 Å². The number of thioether (sulfide) groups is 1. The molecule has 170 valence electrons. The van der Waals surface area contributed by atoms with Gasteiger partial charge in [-0.1, -0.05) is 35.0 Å². The van der Waals surface area contributed by atoms with E-state index in [0.29, 0.717) is 48.5 Å². The maximum Gasteiger partial charge on any atom is 0.323 e. The van der Waals surface area contributed by atoms with Crippen molar-refractivity contribution in [1.82, 2.24) is 19.5 Å². The van der Waals surface area contributed by atoms with E-state index in [4.69, 9.17) is 23.2 Å². The molecule has 5 rings (SSSR count). The molecule has 0 saturated carbocycles. The number of nitrogens with one attached hydrogen (secondary N) is 3. The Labute approximate surface area is 205 Å². The van der Waals surface area contributed by atoms with Crippen LogP contribution in [-0.2, 0) is 4.79 Å². The second-order valence-electron chi connectivity index (χ2n) is 7.35. The van der Waals surface area contributed by atoms with Crippen molar-refractivity contribution in [2.24, 2.45) is 0 Å². The van der Waals surface area contributed by atoms with Crippen LogP contribution in [0.5, 0.6) is 0 Å². The molecule has 11 heteroatoms. The van der Waals surface area contributed by atoms with E-state index in [2.05, 4.69) is 20.3 Å². The SMILES string of the molecule is O=C(CSc1nc2cc(Cl)ccc2c(=O)n1-c1ccc(Cl)cc1)Nc1ccc2[nH]c(=O)[nH]c2c1. The number of hydrogen-bond donors (Lipinski definition) is 3. The van der Waals surface area contributed by atoms with Crippen LogP contribution in [0, 0.1) is 0 Å². The van der Waals surface area contributed by atoms with E-state index < -0.39 is 0 Å². The second kappa shape index (κ2) is 9.02. The van der Waals surface area contributed by atoms with E-state index in [1.807, 2.05) is 0 Å². The Morgan fingerprint density at radius 3 is 2.47 bits per heavy atom. The largest absolute Gasteiger partial charge is 0.325 e. The van der Waals surface area contributed by atoms with Crippen molar-refractivity contribution in [2.75, 3.05) is 11.1 Å². The van der Waals surface area contributed by atoms with Crippen molar-refractivity contribution in [3.05, 3.63) is 91.5 Å². The van der Waals surface area contributed by atoms with Crippen LogP contribution in [0.1, 0.15) is 0 Å². The Balaban J connectivity index is 1.46. The fourth-order valence-electron chi connectivity index (χ4n) is 3.49. The molecule has 0 aliphatic rings. The lowest BCUT2D eigenvalue weighted by atomic mass is 10.2. The van der Waals surface area contributed by atoms with E-state index in [-0.39, 0.29) is 22.9 Å². The number of anilines is 1. The normalized spacial score (nSPS) is 11.2. The molecule has 3 aromatic carbocycles. The van der Waals surface area contributed by atoms with Crippen molar-refractivity contribution < 1.29 is 4.79 Å². The number of benzene rings is 3. The summed E-state index contributed by atoms with van der Waals surface area (Å²) in [6, 6.07) is 16.7. The first kappa shape index (κ1) is 22.3. The van der Waals surface area contributed by atoms with Crippen molar-refractivity contribution in [1.29, 1.82) is 0 Å². The summed E-state index contributed by atoms with van der Waals surface area (Å²) in [5.74, 6) is -0.307. The van der Waals surface area contributed by atoms with Crippen molar-refractivity contribution in [3.8, 4) is 5.69 Å². The van der Waals surface area contributed by atoms with Crippen LogP contribution < -0.4 is 16.6 Å². The molecule has 1 amide bonds. The third-order valence-corrected chi connectivity index (χ3v) is 6.44. The Bertz CT molecular complexity index is 1670. The monoisotopic (exact) mass is 511 g/mol. The predicted octanol–water partition coefficient (Wildman–Crippen LogP) is 4.59. The number of fused-ring (bicyclic) bond motifs is 2. The van der Waals surface area contributed by atoms with Crippen molar-refractivity contribution >= 4 is 68.5 Å². The van der Waals surface area contributed by atoms with E-state index in [9.17, 15) is 14.4 Å². The van der Waals surface area contributed by atoms with Gasteiger partial charge in [0.25, 0.3) is 5.56 Å². The number of rotatable bonds is 5. The number of aromatic amines is 2. The first-order valence-corrected chi connectivity index (χ1v) is 11.7. The molecule has 0 bridgehead atoms. The minimum atomic E-state index is -0.323. The summed E-state index contributed by atoms with van der Waals surface area (Å²) in [6.45, 7) is 0. The van der Waals surface area contributed by atoms with E-state index >= 15 is 0 Å². The van der Waals surface area contributed by atoms with Gasteiger partial charge in [-0.2, -0.15) is 0 Å². The topological polar surface area (TPSA) is 113 Å². The molecule has 0 unspecified atom stereocenters. The predicted molar refractivity (Wildman–Crippen MR) is 136 cm³/mol. The van der Waals surface area contributed by atoms with Gasteiger partial charge >= 0.3 is 5.69 Å². The Morgan fingerprint density at radius 1 is 0.941 bits per heavy atom. The number of hydrogen-bond acceptors (Lipinski definition) is 5. The first-order chi connectivity index (χ1) is 16.4. The molecular formula is C23H15Cl2N5O3S. The van der Waals surface area contributed by atoms with E-state index in [1.54, 1.807) is 60.7 Å². The van der Waals surface area contributed by atoms with Crippen LogP contribution in [0.25, 0.3) is 27.6 Å². The van der Waals surface area contributed by atoms with Gasteiger partial charge < -0.3 is 15.3 Å². The molecule has 0 saturated heterocycles. The number of H-pyrrole nitrogens is 2. The van der Waals surface area contributed by atoms with Crippen LogP contribution in [-0.4, -0.2) is 31.2 Å². The molecule has 0 fully saturated rings. The summed E-state index contributed by atoms with van der Waals surface area (Å²) < 4.78 is 1.45. The molecule has 0 radical (unpaired) electrons. The average Bonchev–Trinajstić information content (AvgIpc) is 3.17. The van der Waals surface area contributed by atoms with Gasteiger partial charge in [-0.25, -0.2) is 9.78 Å². The minimum absolute atomic E-state index is 0.00615. The summed E-state index contributed by atoms with van der Waals surface area (Å²) in [6.07, 6.45) is 0. The molecule has 2 heterocycles. The third-order valence-electron chi connectivity index (χ3n) is 5.02. The molecule has 0 aliphatic carbocycles. The minimum Gasteiger partial charge on any atom is -0.325 e. The standard InChI is InChI=1S/C23H15Cl2N5O3S/c24-12-1-5-15(6-2-12)30-21(32)16-7-3-13(25)9-18(16)29-23(30)34-11-20(31)26-14-4-8-17-19(10-14)28-22(33)27-17/h1-10H,11H2,(H,26,31)(H2,27,28,33). The highest BCUT2D eigenvalue weighted by molar-refractivity contribution is 7.99. The third kappa shape index (κ3) is 4.45. The fraction of sp³-hybridized carbons (Fsp3) is 0.0435. The Hall–Kier alpha value is -3.53. The van der Waals surface area contributed by atoms with Gasteiger partial charge in [0.2, 0.25) is 5.91 Å². The summed E-state index contributed by atoms with van der Waals surface area (Å²) in [5, 5.41) is 4.52. The van der Waals surface area contributed by atoms with E-state index in [1.165, 1.54) is 4.57 Å². The maximum absolute atomic E-state index is 13.3. The van der Waals surface area contributed by atoms with Crippen LogP contribution in [0.2, 0.25) is 10.0 Å². The lowest BCUT2D eigenvalue weighted by molar-refractivity contribution is -0.113. The Kier molecular flexibility index (Phi) is 5.91. The zero-order valence-corrected chi connectivity index (χ0v) is 19.6. The molecule has 0 spiro atoms. The maximum atomic E-state index is 13.3. The van der Waals surface area contributed by atoms with Crippen LogP contribution in [0.4, 0.5) is 5.69 Å². The van der Waals surface area contributed by atoms with Crippen molar-refractivity contribution in [3.63, 3.8) is 0 Å². The van der Waals surface area contributed by atoms with Gasteiger partial charge in [-0.05, 0) is 60.7 Å². The second-order valence-corrected chi connectivity index (χ2v) is 9.16. The lowest BCUT2D eigenvalue weighted by Crippen LogP contribution is -2.23. The smallest absolute Gasteiger partial charge is 0.323 e. The summed E-state index contributed by atoms with van der Waals surface area (Å²) >= 11 is 13.2. The molecule has 5 aromatic rings. The summed E-state index contributed by atoms with van der Waals surface area (Å²) in [4.78, 5) is 47.3. The van der Waals surface area contributed by atoms with E-state index in [0.717, 1.165) is 11.8 Å². The zero-order valence-electron chi connectivity index (χ0n) is 17.3. The van der Waals surface area contributed by atoms with Crippen LogP contribution in [0.3, 0.4) is 0 Å². The lowest BCUT2D eigenvalue weighted by Gasteiger charge is -2.13. The van der Waals surface area contributed by atoms with Gasteiger partial charge in [-0.3, -0.25) is 14.2 Å². The fourth-order valence-corrected chi connectivity index (χ4v) is 4.60. The van der Waals surface area contributed by atoms with Gasteiger partial charge in [0.05, 0.1) is 33.4 Å². The summed E-state index contributed by atoms with van der Waals surface area (Å²) in [5.41, 5.74) is 2.16. The number of amides is 1. The molecule has 0 aliphatic heterocycles. The Morgan fingerprint density at radius 2 is 1.68 bits per heavy atom. The number of carbonyl (C=O) groups excluding carboxylic acids is 1. The number of carbonyl (C=O) groups is 1. The number of aromatic nitrogens is 4. The highest BCUT2D eigenvalue weighted by Gasteiger charge is 2.16. The van der Waals surface area contributed by atoms with Gasteiger partial charge in [0.1, 0.15) is 0 Å². The average molecular weight is 512 g/mol. The molecule has 0 atom stereocenters. The molecule has 2 aromatic heterocycles. The van der Waals surface area contributed by atoms with Crippen molar-refractivity contribution in [2.45, 2.75) is 5.16 Å². The quantitative estimate of drug-likeness (QED) is 0.236. The van der Waals surface area contributed by atoms with Crippen LogP contribution >= 0.6 is 35.0 Å². The molecule has 34 heavy (non-hydrogen) atoms. The molecule has 8 nitrogen and oxygen atoms in total. The summed E-state index contributed by atoms with van der Waals surface area (Å²) in [7, 11) is 0.